The zero-order valence-electron chi connectivity index (χ0n) is 7.48. The Kier molecular flexibility index (Phi) is 2.55. The lowest BCUT2D eigenvalue weighted by Crippen LogP contribution is -1.96. The lowest BCUT2D eigenvalue weighted by molar-refractivity contribution is 0.0663. The summed E-state index contributed by atoms with van der Waals surface area (Å²) in [5.74, 6) is -1.26. The van der Waals surface area contributed by atoms with Gasteiger partial charge in [-0.2, -0.15) is 0 Å². The molecule has 0 radical (unpaired) electrons. The van der Waals surface area contributed by atoms with E-state index in [1.165, 1.54) is 0 Å². The van der Waals surface area contributed by atoms with E-state index in [-0.39, 0.29) is 5.76 Å². The third-order valence-electron chi connectivity index (χ3n) is 1.88. The SMILES string of the molecule is O=C(O)c1ocnc1-c1ccc(Br)cc1. The fourth-order valence-corrected chi connectivity index (χ4v) is 1.48. The van der Waals surface area contributed by atoms with Gasteiger partial charge in [0.05, 0.1) is 0 Å². The smallest absolute Gasteiger partial charge is 0.374 e. The minimum atomic E-state index is -1.12. The van der Waals surface area contributed by atoms with Crippen LogP contribution in [0.1, 0.15) is 10.6 Å². The number of aromatic carboxylic acids is 1. The van der Waals surface area contributed by atoms with E-state index in [1.807, 2.05) is 12.1 Å². The number of carboxylic acid groups (broad SMARTS) is 1. The maximum atomic E-state index is 10.8. The summed E-state index contributed by atoms with van der Waals surface area (Å²) in [6.45, 7) is 0. The molecule has 76 valence electrons. The molecule has 0 amide bonds. The van der Waals surface area contributed by atoms with E-state index in [1.54, 1.807) is 12.1 Å². The van der Waals surface area contributed by atoms with Crippen molar-refractivity contribution in [2.45, 2.75) is 0 Å². The molecule has 5 heteroatoms. The van der Waals surface area contributed by atoms with Crippen molar-refractivity contribution in [3.8, 4) is 11.3 Å². The highest BCUT2D eigenvalue weighted by atomic mass is 79.9. The highest BCUT2D eigenvalue weighted by molar-refractivity contribution is 9.10. The Morgan fingerprint density at radius 2 is 2.00 bits per heavy atom. The Bertz CT molecular complexity index is 490. The number of hydrogen-bond acceptors (Lipinski definition) is 3. The highest BCUT2D eigenvalue weighted by Crippen LogP contribution is 2.23. The van der Waals surface area contributed by atoms with Gasteiger partial charge in [0.1, 0.15) is 5.69 Å². The van der Waals surface area contributed by atoms with Gasteiger partial charge in [-0.05, 0) is 12.1 Å². The molecule has 0 atom stereocenters. The molecule has 1 aromatic heterocycles. The van der Waals surface area contributed by atoms with Gasteiger partial charge in [0.2, 0.25) is 5.76 Å². The fraction of sp³-hybridized carbons (Fsp3) is 0. The van der Waals surface area contributed by atoms with Crippen LogP contribution in [0.25, 0.3) is 11.3 Å². The molecule has 0 aliphatic rings. The van der Waals surface area contributed by atoms with Crippen LogP contribution in [-0.2, 0) is 0 Å². The van der Waals surface area contributed by atoms with Crippen LogP contribution < -0.4 is 0 Å². The van der Waals surface area contributed by atoms with Gasteiger partial charge in [0.15, 0.2) is 6.39 Å². The Labute approximate surface area is 93.7 Å². The first-order chi connectivity index (χ1) is 7.18. The maximum Gasteiger partial charge on any atom is 0.374 e. The second kappa shape index (κ2) is 3.86. The summed E-state index contributed by atoms with van der Waals surface area (Å²) in [5, 5.41) is 8.83. The van der Waals surface area contributed by atoms with Crippen LogP contribution in [0.2, 0.25) is 0 Å². The van der Waals surface area contributed by atoms with E-state index in [2.05, 4.69) is 20.9 Å². The normalized spacial score (nSPS) is 10.2. The zero-order valence-corrected chi connectivity index (χ0v) is 9.06. The molecule has 0 aliphatic carbocycles. The summed E-state index contributed by atoms with van der Waals surface area (Å²) >= 11 is 3.30. The average Bonchev–Trinajstić information content (AvgIpc) is 2.67. The van der Waals surface area contributed by atoms with E-state index < -0.39 is 5.97 Å². The van der Waals surface area contributed by atoms with Gasteiger partial charge >= 0.3 is 5.97 Å². The summed E-state index contributed by atoms with van der Waals surface area (Å²) in [7, 11) is 0. The second-order valence-corrected chi connectivity index (χ2v) is 3.76. The Balaban J connectivity index is 2.49. The number of halogens is 1. The quantitative estimate of drug-likeness (QED) is 0.909. The number of hydrogen-bond donors (Lipinski definition) is 1. The van der Waals surface area contributed by atoms with Crippen molar-refractivity contribution in [1.29, 1.82) is 0 Å². The molecular weight excluding hydrogens is 262 g/mol. The van der Waals surface area contributed by atoms with Crippen molar-refractivity contribution in [2.75, 3.05) is 0 Å². The van der Waals surface area contributed by atoms with Crippen LogP contribution in [0.3, 0.4) is 0 Å². The highest BCUT2D eigenvalue weighted by Gasteiger charge is 2.16. The predicted octanol–water partition coefficient (Wildman–Crippen LogP) is 2.80. The van der Waals surface area contributed by atoms with E-state index in [0.29, 0.717) is 11.3 Å². The van der Waals surface area contributed by atoms with Crippen molar-refractivity contribution in [3.63, 3.8) is 0 Å². The second-order valence-electron chi connectivity index (χ2n) is 2.84. The molecule has 0 bridgehead atoms. The van der Waals surface area contributed by atoms with Crippen molar-refractivity contribution in [2.24, 2.45) is 0 Å². The van der Waals surface area contributed by atoms with Crippen molar-refractivity contribution in [1.82, 2.24) is 4.98 Å². The van der Waals surface area contributed by atoms with Gasteiger partial charge in [-0.15, -0.1) is 0 Å². The molecule has 0 saturated heterocycles. The molecule has 0 saturated carbocycles. The van der Waals surface area contributed by atoms with Crippen LogP contribution in [0, 0.1) is 0 Å². The standard InChI is InChI=1S/C10H6BrNO3/c11-7-3-1-6(2-4-7)8-9(10(13)14)15-5-12-8/h1-5H,(H,13,14). The van der Waals surface area contributed by atoms with Crippen LogP contribution in [0.5, 0.6) is 0 Å². The molecule has 2 aromatic rings. The first kappa shape index (κ1) is 9.92. The van der Waals surface area contributed by atoms with Crippen molar-refractivity contribution < 1.29 is 14.3 Å². The zero-order chi connectivity index (χ0) is 10.8. The van der Waals surface area contributed by atoms with E-state index in [4.69, 9.17) is 9.52 Å². The number of rotatable bonds is 2. The third kappa shape index (κ3) is 1.92. The molecular formula is C10H6BrNO3. The molecule has 1 N–H and O–H groups in total. The van der Waals surface area contributed by atoms with Gasteiger partial charge in [0, 0.05) is 10.0 Å². The van der Waals surface area contributed by atoms with E-state index in [9.17, 15) is 4.79 Å². The summed E-state index contributed by atoms with van der Waals surface area (Å²) in [4.78, 5) is 14.7. The van der Waals surface area contributed by atoms with Crippen molar-refractivity contribution in [3.05, 3.63) is 40.9 Å². The summed E-state index contributed by atoms with van der Waals surface area (Å²) in [5.41, 5.74) is 1.05. The number of carboxylic acids is 1. The number of nitrogens with zero attached hydrogens (tertiary/aromatic N) is 1. The first-order valence-corrected chi connectivity index (χ1v) is 4.90. The monoisotopic (exact) mass is 267 g/mol. The lowest BCUT2D eigenvalue weighted by Gasteiger charge is -1.97. The predicted molar refractivity (Wildman–Crippen MR) is 56.6 cm³/mol. The molecule has 15 heavy (non-hydrogen) atoms. The Hall–Kier alpha value is -1.62. The van der Waals surface area contributed by atoms with Gasteiger partial charge in [-0.3, -0.25) is 0 Å². The van der Waals surface area contributed by atoms with Gasteiger partial charge in [-0.1, -0.05) is 28.1 Å². The van der Waals surface area contributed by atoms with Crippen LogP contribution in [0.4, 0.5) is 0 Å². The third-order valence-corrected chi connectivity index (χ3v) is 2.41. The lowest BCUT2D eigenvalue weighted by atomic mass is 10.1. The molecule has 1 aromatic carbocycles. The largest absolute Gasteiger partial charge is 0.475 e. The van der Waals surface area contributed by atoms with Crippen LogP contribution in [-0.4, -0.2) is 16.1 Å². The number of benzene rings is 1. The van der Waals surface area contributed by atoms with Gasteiger partial charge < -0.3 is 9.52 Å². The number of carbonyl (C=O) groups is 1. The topological polar surface area (TPSA) is 63.3 Å². The number of oxazole rings is 1. The molecule has 0 unspecified atom stereocenters. The van der Waals surface area contributed by atoms with Crippen LogP contribution >= 0.6 is 15.9 Å². The molecule has 0 aliphatic heterocycles. The first-order valence-electron chi connectivity index (χ1n) is 4.11. The minimum absolute atomic E-state index is 0.141. The van der Waals surface area contributed by atoms with E-state index >= 15 is 0 Å². The molecule has 4 nitrogen and oxygen atoms in total. The van der Waals surface area contributed by atoms with E-state index in [0.717, 1.165) is 10.9 Å². The molecule has 1 heterocycles. The number of aromatic nitrogens is 1. The van der Waals surface area contributed by atoms with Crippen molar-refractivity contribution >= 4 is 21.9 Å². The fourth-order valence-electron chi connectivity index (χ4n) is 1.21. The Morgan fingerprint density at radius 1 is 1.33 bits per heavy atom. The Morgan fingerprint density at radius 3 is 2.60 bits per heavy atom. The summed E-state index contributed by atoms with van der Waals surface area (Å²) in [6.07, 6.45) is 1.13. The minimum Gasteiger partial charge on any atom is -0.475 e. The summed E-state index contributed by atoms with van der Waals surface area (Å²) in [6, 6.07) is 7.17. The molecule has 0 fully saturated rings. The van der Waals surface area contributed by atoms with Crippen LogP contribution in [0.15, 0.2) is 39.5 Å². The maximum absolute atomic E-state index is 10.8. The summed E-state index contributed by atoms with van der Waals surface area (Å²) < 4.78 is 5.71. The van der Waals surface area contributed by atoms with Gasteiger partial charge in [-0.25, -0.2) is 9.78 Å². The molecule has 2 rings (SSSR count). The average molecular weight is 268 g/mol. The molecule has 0 spiro atoms. The van der Waals surface area contributed by atoms with Gasteiger partial charge in [0.25, 0.3) is 0 Å².